The molecule has 6 nitrogen and oxygen atoms in total. The minimum Gasteiger partial charge on any atom is -0.361 e. The number of nitrogens with one attached hydrogen (secondary N) is 2. The number of likely N-dealkylation sites (tertiary alicyclic amines) is 1. The molecule has 7 heteroatoms. The molecule has 0 spiro atoms. The second kappa shape index (κ2) is 6.68. The first-order chi connectivity index (χ1) is 12.2. The third kappa shape index (κ3) is 3.02. The summed E-state index contributed by atoms with van der Waals surface area (Å²) in [5.74, 6) is -0.103. The molecule has 0 unspecified atom stereocenters. The Labute approximate surface area is 148 Å². The van der Waals surface area contributed by atoms with Gasteiger partial charge in [0.2, 0.25) is 0 Å². The number of rotatable bonds is 4. The fraction of sp³-hybridized carbons (Fsp3) is 0.278. The first-order valence-corrected chi connectivity index (χ1v) is 9.16. The van der Waals surface area contributed by atoms with E-state index in [1.165, 1.54) is 11.3 Å². The summed E-state index contributed by atoms with van der Waals surface area (Å²) >= 11 is 1.31. The van der Waals surface area contributed by atoms with Gasteiger partial charge in [-0.2, -0.15) is 0 Å². The van der Waals surface area contributed by atoms with Crippen LogP contribution in [0.25, 0.3) is 10.9 Å². The maximum absolute atomic E-state index is 13.0. The minimum absolute atomic E-state index is 0.0265. The van der Waals surface area contributed by atoms with Gasteiger partial charge in [0.15, 0.2) is 0 Å². The van der Waals surface area contributed by atoms with Crippen molar-refractivity contribution in [3.8, 4) is 0 Å². The van der Waals surface area contributed by atoms with Crippen LogP contribution >= 0.6 is 11.3 Å². The molecule has 1 saturated heterocycles. The molecule has 2 amide bonds. The number of aromatic amines is 1. The molecular formula is C18H18N4O2S. The minimum atomic E-state index is -0.130. The van der Waals surface area contributed by atoms with Crippen LogP contribution in [0, 0.1) is 0 Å². The summed E-state index contributed by atoms with van der Waals surface area (Å²) in [4.78, 5) is 34.7. The molecule has 0 radical (unpaired) electrons. The van der Waals surface area contributed by atoms with Crippen LogP contribution in [-0.2, 0) is 0 Å². The summed E-state index contributed by atoms with van der Waals surface area (Å²) in [6, 6.07) is 7.67. The molecular weight excluding hydrogens is 336 g/mol. The lowest BCUT2D eigenvalue weighted by Crippen LogP contribution is -2.43. The lowest BCUT2D eigenvalue weighted by Gasteiger charge is -2.25. The molecule has 0 aliphatic carbocycles. The van der Waals surface area contributed by atoms with E-state index in [4.69, 9.17) is 0 Å². The molecule has 4 rings (SSSR count). The highest BCUT2D eigenvalue weighted by molar-refractivity contribution is 7.11. The maximum atomic E-state index is 13.0. The Kier molecular flexibility index (Phi) is 4.23. The van der Waals surface area contributed by atoms with Crippen molar-refractivity contribution in [3.63, 3.8) is 0 Å². The summed E-state index contributed by atoms with van der Waals surface area (Å²) in [5.41, 5.74) is 3.30. The molecule has 0 bridgehead atoms. The van der Waals surface area contributed by atoms with E-state index < -0.39 is 0 Å². The first kappa shape index (κ1) is 15.8. The van der Waals surface area contributed by atoms with Gasteiger partial charge in [0.05, 0.1) is 11.7 Å². The summed E-state index contributed by atoms with van der Waals surface area (Å²) in [6.45, 7) is 1.19. The lowest BCUT2D eigenvalue weighted by molar-refractivity contribution is 0.0727. The van der Waals surface area contributed by atoms with Crippen LogP contribution in [0.1, 0.15) is 32.9 Å². The van der Waals surface area contributed by atoms with Crippen molar-refractivity contribution in [1.82, 2.24) is 20.2 Å². The number of amides is 2. The van der Waals surface area contributed by atoms with Gasteiger partial charge >= 0.3 is 0 Å². The SMILES string of the molecule is O=C(NC[C@H]1CCCN1C(=O)c1cccc2[nH]ccc12)c1cncs1. The Morgan fingerprint density at radius 2 is 2.28 bits per heavy atom. The van der Waals surface area contributed by atoms with Crippen LogP contribution in [0.15, 0.2) is 42.2 Å². The number of aromatic nitrogens is 2. The topological polar surface area (TPSA) is 78.1 Å². The number of H-pyrrole nitrogens is 1. The molecule has 1 atom stereocenters. The van der Waals surface area contributed by atoms with E-state index in [9.17, 15) is 9.59 Å². The standard InChI is InChI=1S/C18H18N4O2S/c23-17(16-10-19-11-25-16)21-9-12-3-2-8-22(12)18(24)14-4-1-5-15-13(14)6-7-20-15/h1,4-7,10-12,20H,2-3,8-9H2,(H,21,23)/t12-/m1/s1. The first-order valence-electron chi connectivity index (χ1n) is 8.28. The summed E-state index contributed by atoms with van der Waals surface area (Å²) in [5, 5.41) is 3.86. The van der Waals surface area contributed by atoms with E-state index in [1.807, 2.05) is 35.4 Å². The van der Waals surface area contributed by atoms with E-state index in [-0.39, 0.29) is 17.9 Å². The quantitative estimate of drug-likeness (QED) is 0.756. The van der Waals surface area contributed by atoms with Crippen molar-refractivity contribution in [2.75, 3.05) is 13.1 Å². The predicted molar refractivity (Wildman–Crippen MR) is 96.8 cm³/mol. The molecule has 2 N–H and O–H groups in total. The molecule has 2 aromatic heterocycles. The Morgan fingerprint density at radius 3 is 3.12 bits per heavy atom. The fourth-order valence-electron chi connectivity index (χ4n) is 3.37. The highest BCUT2D eigenvalue weighted by atomic mass is 32.1. The normalized spacial score (nSPS) is 17.1. The number of hydrogen-bond donors (Lipinski definition) is 2. The second-order valence-corrected chi connectivity index (χ2v) is 7.00. The number of hydrogen-bond acceptors (Lipinski definition) is 4. The molecule has 3 aromatic rings. The molecule has 3 heterocycles. The smallest absolute Gasteiger partial charge is 0.263 e. The predicted octanol–water partition coefficient (Wildman–Crippen LogP) is 2.66. The monoisotopic (exact) mass is 354 g/mol. The van der Waals surface area contributed by atoms with Crippen molar-refractivity contribution >= 4 is 34.1 Å². The van der Waals surface area contributed by atoms with E-state index >= 15 is 0 Å². The molecule has 1 aliphatic rings. The zero-order valence-electron chi connectivity index (χ0n) is 13.6. The van der Waals surface area contributed by atoms with Gasteiger partial charge in [0, 0.05) is 41.8 Å². The number of carbonyl (C=O) groups excluding carboxylic acids is 2. The van der Waals surface area contributed by atoms with Crippen LogP contribution in [0.2, 0.25) is 0 Å². The third-order valence-corrected chi connectivity index (χ3v) is 5.39. The maximum Gasteiger partial charge on any atom is 0.263 e. The Morgan fingerprint density at radius 1 is 1.36 bits per heavy atom. The molecule has 1 fully saturated rings. The average Bonchev–Trinajstić information content (AvgIpc) is 3.39. The number of thiazole rings is 1. The van der Waals surface area contributed by atoms with Gasteiger partial charge in [-0.1, -0.05) is 6.07 Å². The number of nitrogens with zero attached hydrogens (tertiary/aromatic N) is 2. The van der Waals surface area contributed by atoms with Gasteiger partial charge in [-0.3, -0.25) is 14.6 Å². The van der Waals surface area contributed by atoms with Crippen molar-refractivity contribution in [3.05, 3.63) is 52.6 Å². The fourth-order valence-corrected chi connectivity index (χ4v) is 3.90. The Bertz CT molecular complexity index is 903. The summed E-state index contributed by atoms with van der Waals surface area (Å²) in [7, 11) is 0. The number of fused-ring (bicyclic) bond motifs is 1. The van der Waals surface area contributed by atoms with Crippen molar-refractivity contribution < 1.29 is 9.59 Å². The lowest BCUT2D eigenvalue weighted by atomic mass is 10.1. The molecule has 25 heavy (non-hydrogen) atoms. The van der Waals surface area contributed by atoms with E-state index in [1.54, 1.807) is 11.7 Å². The van der Waals surface area contributed by atoms with Gasteiger partial charge < -0.3 is 15.2 Å². The highest BCUT2D eigenvalue weighted by Gasteiger charge is 2.30. The van der Waals surface area contributed by atoms with Crippen molar-refractivity contribution in [2.24, 2.45) is 0 Å². The zero-order chi connectivity index (χ0) is 17.2. The van der Waals surface area contributed by atoms with E-state index in [2.05, 4.69) is 15.3 Å². The van der Waals surface area contributed by atoms with E-state index in [0.29, 0.717) is 17.0 Å². The number of benzene rings is 1. The van der Waals surface area contributed by atoms with Gasteiger partial charge in [-0.05, 0) is 31.0 Å². The van der Waals surface area contributed by atoms with Gasteiger partial charge in [0.25, 0.3) is 11.8 Å². The molecule has 1 aromatic carbocycles. The van der Waals surface area contributed by atoms with Crippen LogP contribution in [0.5, 0.6) is 0 Å². The Balaban J connectivity index is 1.48. The van der Waals surface area contributed by atoms with E-state index in [0.717, 1.165) is 30.3 Å². The summed E-state index contributed by atoms with van der Waals surface area (Å²) < 4.78 is 0. The summed E-state index contributed by atoms with van der Waals surface area (Å²) in [6.07, 6.45) is 5.26. The Hall–Kier alpha value is -2.67. The van der Waals surface area contributed by atoms with Crippen LogP contribution in [-0.4, -0.2) is 45.8 Å². The molecule has 128 valence electrons. The molecule has 1 aliphatic heterocycles. The van der Waals surface area contributed by atoms with Crippen LogP contribution in [0.4, 0.5) is 0 Å². The highest BCUT2D eigenvalue weighted by Crippen LogP contribution is 2.24. The van der Waals surface area contributed by atoms with Crippen molar-refractivity contribution in [2.45, 2.75) is 18.9 Å². The largest absolute Gasteiger partial charge is 0.361 e. The van der Waals surface area contributed by atoms with Gasteiger partial charge in [0.1, 0.15) is 4.88 Å². The van der Waals surface area contributed by atoms with Crippen LogP contribution < -0.4 is 5.32 Å². The molecule has 0 saturated carbocycles. The second-order valence-electron chi connectivity index (χ2n) is 6.11. The zero-order valence-corrected chi connectivity index (χ0v) is 14.4. The van der Waals surface area contributed by atoms with Gasteiger partial charge in [-0.25, -0.2) is 0 Å². The van der Waals surface area contributed by atoms with Crippen molar-refractivity contribution in [1.29, 1.82) is 0 Å². The average molecular weight is 354 g/mol. The number of carbonyl (C=O) groups is 2. The van der Waals surface area contributed by atoms with Crippen LogP contribution in [0.3, 0.4) is 0 Å². The van der Waals surface area contributed by atoms with Gasteiger partial charge in [-0.15, -0.1) is 11.3 Å². The third-order valence-electron chi connectivity index (χ3n) is 4.62.